The van der Waals surface area contributed by atoms with Crippen molar-refractivity contribution in [3.63, 3.8) is 0 Å². The average Bonchev–Trinajstić information content (AvgIpc) is 3.19. The molecule has 5 nitrogen and oxygen atoms in total. The van der Waals surface area contributed by atoms with E-state index in [2.05, 4.69) is 28.1 Å². The molecule has 1 fully saturated rings. The van der Waals surface area contributed by atoms with Crippen molar-refractivity contribution in [1.29, 1.82) is 0 Å². The number of benzene rings is 2. The third-order valence-electron chi connectivity index (χ3n) is 4.82. The molecule has 1 aliphatic heterocycles. The molecule has 3 N–H and O–H groups in total. The van der Waals surface area contributed by atoms with Crippen LogP contribution in [0.3, 0.4) is 0 Å². The Bertz CT molecular complexity index is 744. The second-order valence-corrected chi connectivity index (χ2v) is 6.58. The van der Waals surface area contributed by atoms with Crippen LogP contribution in [0.25, 0.3) is 0 Å². The van der Waals surface area contributed by atoms with E-state index in [1.807, 2.05) is 30.3 Å². The standard InChI is InChI=1S/C21H25N3O2/c1-22-20(25)17-9-7-15(8-10-17)13-14-23-21(26)19-12-11-18(24-19)16-5-3-2-4-6-16/h2-10,18-19,24H,11-14H2,1H3,(H,22,25)(H,23,26)/t18-,19-/m0/s1. The predicted octanol–water partition coefficient (Wildman–Crippen LogP) is 2.20. The van der Waals surface area contributed by atoms with Crippen molar-refractivity contribution in [2.24, 2.45) is 0 Å². The zero-order valence-electron chi connectivity index (χ0n) is 15.0. The van der Waals surface area contributed by atoms with Gasteiger partial charge in [0.15, 0.2) is 0 Å². The molecule has 2 aromatic carbocycles. The molecule has 136 valence electrons. The van der Waals surface area contributed by atoms with E-state index >= 15 is 0 Å². The molecule has 2 aromatic rings. The fraction of sp³-hybridized carbons (Fsp3) is 0.333. The molecule has 0 unspecified atom stereocenters. The summed E-state index contributed by atoms with van der Waals surface area (Å²) in [5.74, 6) is -0.0319. The lowest BCUT2D eigenvalue weighted by Gasteiger charge is -2.15. The van der Waals surface area contributed by atoms with Crippen molar-refractivity contribution in [1.82, 2.24) is 16.0 Å². The summed E-state index contributed by atoms with van der Waals surface area (Å²) >= 11 is 0. The Balaban J connectivity index is 1.44. The molecular weight excluding hydrogens is 326 g/mol. The second kappa shape index (κ2) is 8.63. The van der Waals surface area contributed by atoms with E-state index in [0.29, 0.717) is 12.1 Å². The predicted molar refractivity (Wildman–Crippen MR) is 102 cm³/mol. The summed E-state index contributed by atoms with van der Waals surface area (Å²) in [6.07, 6.45) is 2.57. The van der Waals surface area contributed by atoms with Crippen molar-refractivity contribution in [2.75, 3.05) is 13.6 Å². The van der Waals surface area contributed by atoms with Gasteiger partial charge in [0.25, 0.3) is 5.91 Å². The van der Waals surface area contributed by atoms with Crippen LogP contribution in [-0.4, -0.2) is 31.4 Å². The van der Waals surface area contributed by atoms with E-state index in [-0.39, 0.29) is 23.9 Å². The van der Waals surface area contributed by atoms with Gasteiger partial charge in [-0.15, -0.1) is 0 Å². The first-order chi connectivity index (χ1) is 12.7. The SMILES string of the molecule is CNC(=O)c1ccc(CCNC(=O)[C@@H]2CC[C@@H](c3ccccc3)N2)cc1. The lowest BCUT2D eigenvalue weighted by molar-refractivity contribution is -0.122. The first-order valence-corrected chi connectivity index (χ1v) is 9.07. The van der Waals surface area contributed by atoms with Crippen LogP contribution in [-0.2, 0) is 11.2 Å². The smallest absolute Gasteiger partial charge is 0.251 e. The van der Waals surface area contributed by atoms with Gasteiger partial charge in [-0.25, -0.2) is 0 Å². The molecule has 2 amide bonds. The summed E-state index contributed by atoms with van der Waals surface area (Å²) in [4.78, 5) is 23.9. The third kappa shape index (κ3) is 4.49. The van der Waals surface area contributed by atoms with Gasteiger partial charge >= 0.3 is 0 Å². The number of nitrogens with one attached hydrogen (secondary N) is 3. The van der Waals surface area contributed by atoms with Gasteiger partial charge in [-0.05, 0) is 42.5 Å². The Hall–Kier alpha value is -2.66. The summed E-state index contributed by atoms with van der Waals surface area (Å²) < 4.78 is 0. The number of rotatable bonds is 6. The molecule has 0 aliphatic carbocycles. The van der Waals surface area contributed by atoms with Crippen molar-refractivity contribution >= 4 is 11.8 Å². The molecule has 1 heterocycles. The van der Waals surface area contributed by atoms with Gasteiger partial charge in [0.2, 0.25) is 5.91 Å². The molecular formula is C21H25N3O2. The number of carbonyl (C=O) groups is 2. The Kier molecular flexibility index (Phi) is 6.02. The molecule has 1 aliphatic rings. The summed E-state index contributed by atoms with van der Waals surface area (Å²) in [5, 5.41) is 9.04. The highest BCUT2D eigenvalue weighted by atomic mass is 16.2. The summed E-state index contributed by atoms with van der Waals surface area (Å²) in [5.41, 5.74) is 2.97. The highest BCUT2D eigenvalue weighted by Crippen LogP contribution is 2.26. The van der Waals surface area contributed by atoms with Crippen LogP contribution in [0.1, 0.15) is 40.4 Å². The molecule has 26 heavy (non-hydrogen) atoms. The Morgan fingerprint density at radius 3 is 2.46 bits per heavy atom. The van der Waals surface area contributed by atoms with Crippen LogP contribution in [0.15, 0.2) is 54.6 Å². The minimum atomic E-state index is -0.129. The average molecular weight is 351 g/mol. The van der Waals surface area contributed by atoms with Gasteiger partial charge in [0.1, 0.15) is 0 Å². The lowest BCUT2D eigenvalue weighted by atomic mass is 10.1. The van der Waals surface area contributed by atoms with Crippen LogP contribution >= 0.6 is 0 Å². The van der Waals surface area contributed by atoms with E-state index in [0.717, 1.165) is 24.8 Å². The van der Waals surface area contributed by atoms with E-state index in [1.165, 1.54) is 5.56 Å². The topological polar surface area (TPSA) is 70.2 Å². The zero-order valence-corrected chi connectivity index (χ0v) is 15.0. The molecule has 0 spiro atoms. The normalized spacial score (nSPS) is 19.1. The van der Waals surface area contributed by atoms with Gasteiger partial charge in [-0.2, -0.15) is 0 Å². The number of hydrogen-bond acceptors (Lipinski definition) is 3. The molecule has 3 rings (SSSR count). The fourth-order valence-corrected chi connectivity index (χ4v) is 3.32. The van der Waals surface area contributed by atoms with Crippen molar-refractivity contribution in [3.8, 4) is 0 Å². The minimum Gasteiger partial charge on any atom is -0.355 e. The van der Waals surface area contributed by atoms with Crippen LogP contribution in [0.2, 0.25) is 0 Å². The number of hydrogen-bond donors (Lipinski definition) is 3. The van der Waals surface area contributed by atoms with Crippen LogP contribution < -0.4 is 16.0 Å². The summed E-state index contributed by atoms with van der Waals surface area (Å²) in [6.45, 7) is 0.590. The second-order valence-electron chi connectivity index (χ2n) is 6.58. The zero-order chi connectivity index (χ0) is 18.4. The maximum atomic E-state index is 12.4. The van der Waals surface area contributed by atoms with E-state index in [1.54, 1.807) is 19.2 Å². The lowest BCUT2D eigenvalue weighted by Crippen LogP contribution is -2.41. The van der Waals surface area contributed by atoms with Gasteiger partial charge in [-0.1, -0.05) is 42.5 Å². The first-order valence-electron chi connectivity index (χ1n) is 9.07. The van der Waals surface area contributed by atoms with E-state index < -0.39 is 0 Å². The van der Waals surface area contributed by atoms with Crippen LogP contribution in [0.5, 0.6) is 0 Å². The molecule has 0 bridgehead atoms. The van der Waals surface area contributed by atoms with Gasteiger partial charge in [0.05, 0.1) is 6.04 Å². The van der Waals surface area contributed by atoms with Crippen molar-refractivity contribution in [3.05, 3.63) is 71.3 Å². The molecule has 0 radical (unpaired) electrons. The minimum absolute atomic E-state index is 0.0606. The third-order valence-corrected chi connectivity index (χ3v) is 4.82. The van der Waals surface area contributed by atoms with Gasteiger partial charge in [-0.3, -0.25) is 14.9 Å². The van der Waals surface area contributed by atoms with Crippen molar-refractivity contribution < 1.29 is 9.59 Å². The monoisotopic (exact) mass is 351 g/mol. The number of carbonyl (C=O) groups excluding carboxylic acids is 2. The molecule has 1 saturated heterocycles. The molecule has 5 heteroatoms. The van der Waals surface area contributed by atoms with E-state index in [9.17, 15) is 9.59 Å². The van der Waals surface area contributed by atoms with E-state index in [4.69, 9.17) is 0 Å². The largest absolute Gasteiger partial charge is 0.355 e. The highest BCUT2D eigenvalue weighted by molar-refractivity contribution is 5.93. The van der Waals surface area contributed by atoms with Crippen LogP contribution in [0, 0.1) is 0 Å². The fourth-order valence-electron chi connectivity index (χ4n) is 3.32. The molecule has 0 aromatic heterocycles. The Labute approximate surface area is 154 Å². The Morgan fingerprint density at radius 2 is 1.77 bits per heavy atom. The molecule has 2 atom stereocenters. The quantitative estimate of drug-likeness (QED) is 0.747. The maximum Gasteiger partial charge on any atom is 0.251 e. The maximum absolute atomic E-state index is 12.4. The highest BCUT2D eigenvalue weighted by Gasteiger charge is 2.29. The molecule has 0 saturated carbocycles. The number of amides is 2. The van der Waals surface area contributed by atoms with Gasteiger partial charge < -0.3 is 10.6 Å². The van der Waals surface area contributed by atoms with Gasteiger partial charge in [0, 0.05) is 25.2 Å². The van der Waals surface area contributed by atoms with Crippen LogP contribution in [0.4, 0.5) is 0 Å². The summed E-state index contributed by atoms with van der Waals surface area (Å²) in [6, 6.07) is 17.8. The Morgan fingerprint density at radius 1 is 1.04 bits per heavy atom. The summed E-state index contributed by atoms with van der Waals surface area (Å²) in [7, 11) is 1.62. The first kappa shape index (κ1) is 18.1. The van der Waals surface area contributed by atoms with Crippen molar-refractivity contribution in [2.45, 2.75) is 31.3 Å².